The summed E-state index contributed by atoms with van der Waals surface area (Å²) in [7, 11) is -2.07. The predicted molar refractivity (Wildman–Crippen MR) is 127 cm³/mol. The number of Topliss-reactive ketones (excluding diaryl/α,β-unsaturated/α-hetero) is 1. The van der Waals surface area contributed by atoms with Crippen LogP contribution in [0.1, 0.15) is 6.42 Å². The van der Waals surface area contributed by atoms with Crippen LogP contribution in [0.5, 0.6) is 0 Å². The number of morpholine rings is 1. The summed E-state index contributed by atoms with van der Waals surface area (Å²) in [5, 5.41) is 3.80. The van der Waals surface area contributed by atoms with Crippen LogP contribution in [-0.4, -0.2) is 49.7 Å². The molecule has 3 aromatic rings. The van der Waals surface area contributed by atoms with Gasteiger partial charge in [-0.25, -0.2) is 0 Å². The zero-order valence-electron chi connectivity index (χ0n) is 17.3. The van der Waals surface area contributed by atoms with Crippen molar-refractivity contribution in [1.29, 1.82) is 0 Å². The minimum absolute atomic E-state index is 0.339. The van der Waals surface area contributed by atoms with Gasteiger partial charge in [0.2, 0.25) is 0 Å². The van der Waals surface area contributed by atoms with Crippen LogP contribution >= 0.6 is 7.26 Å². The van der Waals surface area contributed by atoms with E-state index < -0.39 is 7.26 Å². The molecule has 4 heteroatoms. The highest BCUT2D eigenvalue weighted by Crippen LogP contribution is 2.55. The van der Waals surface area contributed by atoms with E-state index in [1.807, 2.05) is 0 Å². The van der Waals surface area contributed by atoms with Crippen LogP contribution in [0.25, 0.3) is 0 Å². The molecule has 0 atom stereocenters. The lowest BCUT2D eigenvalue weighted by Crippen LogP contribution is -2.39. The van der Waals surface area contributed by atoms with Gasteiger partial charge in [-0.3, -0.25) is 9.69 Å². The monoisotopic (exact) mass is 418 g/mol. The number of ketones is 1. The van der Waals surface area contributed by atoms with Gasteiger partial charge in [0.1, 0.15) is 29.3 Å². The van der Waals surface area contributed by atoms with Crippen molar-refractivity contribution in [1.82, 2.24) is 4.90 Å². The molecule has 3 aromatic carbocycles. The minimum Gasteiger partial charge on any atom is -0.379 e. The topological polar surface area (TPSA) is 29.5 Å². The third kappa shape index (κ3) is 4.70. The lowest BCUT2D eigenvalue weighted by atomic mass is 10.3. The lowest BCUT2D eigenvalue weighted by molar-refractivity contribution is -0.117. The number of hydrogen-bond donors (Lipinski definition) is 0. The van der Waals surface area contributed by atoms with Crippen molar-refractivity contribution < 1.29 is 9.53 Å². The average Bonchev–Trinajstić information content (AvgIpc) is 2.83. The van der Waals surface area contributed by atoms with E-state index >= 15 is 0 Å². The Kier molecular flexibility index (Phi) is 7.07. The van der Waals surface area contributed by atoms with Crippen molar-refractivity contribution in [2.24, 2.45) is 0 Å². The molecule has 0 spiro atoms. The van der Waals surface area contributed by atoms with Gasteiger partial charge in [0.15, 0.2) is 5.78 Å². The maximum Gasteiger partial charge on any atom is 0.172 e. The summed E-state index contributed by atoms with van der Waals surface area (Å²) in [6.07, 6.45) is 1.16. The summed E-state index contributed by atoms with van der Waals surface area (Å²) in [4.78, 5) is 15.7. The molecule has 0 unspecified atom stereocenters. The molecular weight excluding hydrogens is 389 g/mol. The standard InChI is InChI=1S/C26H29NO2P/c28-23(16-17-27-18-20-29-21-19-27)22-30(24-10-4-1-5-11-24,25-12-6-2-7-13-25)26-14-8-3-9-15-26/h1-15H,16-22H2/q+1. The van der Waals surface area contributed by atoms with Gasteiger partial charge in [-0.1, -0.05) is 54.6 Å². The van der Waals surface area contributed by atoms with Crippen LogP contribution < -0.4 is 15.9 Å². The van der Waals surface area contributed by atoms with Gasteiger partial charge in [-0.15, -0.1) is 0 Å². The van der Waals surface area contributed by atoms with E-state index in [2.05, 4.69) is 95.9 Å². The Morgan fingerprint density at radius 1 is 0.733 bits per heavy atom. The number of carbonyl (C=O) groups is 1. The third-order valence-corrected chi connectivity index (χ3v) is 10.2. The fourth-order valence-corrected chi connectivity index (χ4v) is 8.39. The quantitative estimate of drug-likeness (QED) is 0.526. The Hall–Kier alpha value is -2.32. The molecule has 1 fully saturated rings. The van der Waals surface area contributed by atoms with Gasteiger partial charge in [0.05, 0.1) is 13.2 Å². The first-order chi connectivity index (χ1) is 14.8. The van der Waals surface area contributed by atoms with Gasteiger partial charge >= 0.3 is 0 Å². The molecule has 4 rings (SSSR count). The van der Waals surface area contributed by atoms with Crippen LogP contribution in [-0.2, 0) is 9.53 Å². The molecule has 1 saturated heterocycles. The molecule has 1 aliphatic heterocycles. The van der Waals surface area contributed by atoms with E-state index in [4.69, 9.17) is 4.74 Å². The Morgan fingerprint density at radius 2 is 1.17 bits per heavy atom. The predicted octanol–water partition coefficient (Wildman–Crippen LogP) is 3.27. The second-order valence-corrected chi connectivity index (χ2v) is 11.2. The molecule has 0 N–H and O–H groups in total. The molecule has 30 heavy (non-hydrogen) atoms. The summed E-state index contributed by atoms with van der Waals surface area (Å²) < 4.78 is 5.44. The summed E-state index contributed by atoms with van der Waals surface area (Å²) in [6, 6.07) is 31.9. The Morgan fingerprint density at radius 3 is 1.60 bits per heavy atom. The molecule has 0 radical (unpaired) electrons. The van der Waals surface area contributed by atoms with Crippen molar-refractivity contribution in [2.45, 2.75) is 6.42 Å². The number of rotatable bonds is 8. The molecule has 0 aliphatic carbocycles. The van der Waals surface area contributed by atoms with E-state index in [1.165, 1.54) is 15.9 Å². The van der Waals surface area contributed by atoms with Gasteiger partial charge in [-0.05, 0) is 36.4 Å². The highest BCUT2D eigenvalue weighted by atomic mass is 31.2. The first kappa shape index (κ1) is 20.9. The van der Waals surface area contributed by atoms with Crippen molar-refractivity contribution in [3.8, 4) is 0 Å². The largest absolute Gasteiger partial charge is 0.379 e. The maximum absolute atomic E-state index is 13.4. The molecule has 0 bridgehead atoms. The molecule has 1 heterocycles. The van der Waals surface area contributed by atoms with Crippen LogP contribution in [0.4, 0.5) is 0 Å². The summed E-state index contributed by atoms with van der Waals surface area (Å²) in [5.74, 6) is 0.339. The first-order valence-electron chi connectivity index (χ1n) is 10.7. The van der Waals surface area contributed by atoms with Crippen LogP contribution in [0.2, 0.25) is 0 Å². The second kappa shape index (κ2) is 10.1. The molecule has 3 nitrogen and oxygen atoms in total. The van der Waals surface area contributed by atoms with Crippen molar-refractivity contribution in [3.63, 3.8) is 0 Å². The van der Waals surface area contributed by atoms with Crippen LogP contribution in [0.3, 0.4) is 0 Å². The smallest absolute Gasteiger partial charge is 0.172 e. The van der Waals surface area contributed by atoms with Crippen LogP contribution in [0.15, 0.2) is 91.0 Å². The molecule has 0 amide bonds. The maximum atomic E-state index is 13.4. The fraction of sp³-hybridized carbons (Fsp3) is 0.269. The third-order valence-electron chi connectivity index (χ3n) is 5.81. The van der Waals surface area contributed by atoms with Gasteiger partial charge in [-0.2, -0.15) is 0 Å². The Balaban J connectivity index is 1.70. The highest BCUT2D eigenvalue weighted by Gasteiger charge is 2.46. The van der Waals surface area contributed by atoms with Gasteiger partial charge in [0.25, 0.3) is 0 Å². The SMILES string of the molecule is O=C(CCN1CCOCC1)C[P+](c1ccccc1)(c1ccccc1)c1ccccc1. The lowest BCUT2D eigenvalue weighted by Gasteiger charge is -2.28. The van der Waals surface area contributed by atoms with Gasteiger partial charge in [0, 0.05) is 26.1 Å². The van der Waals surface area contributed by atoms with E-state index in [-0.39, 0.29) is 0 Å². The fourth-order valence-electron chi connectivity index (χ4n) is 4.22. The highest BCUT2D eigenvalue weighted by molar-refractivity contribution is 7.96. The zero-order chi connectivity index (χ0) is 20.7. The normalized spacial score (nSPS) is 15.1. The van der Waals surface area contributed by atoms with E-state index in [1.54, 1.807) is 0 Å². The first-order valence-corrected chi connectivity index (χ1v) is 12.6. The number of nitrogens with zero attached hydrogens (tertiary/aromatic N) is 1. The van der Waals surface area contributed by atoms with Gasteiger partial charge < -0.3 is 4.74 Å². The molecule has 1 aliphatic rings. The van der Waals surface area contributed by atoms with Crippen LogP contribution in [0, 0.1) is 0 Å². The summed E-state index contributed by atoms with van der Waals surface area (Å²) >= 11 is 0. The van der Waals surface area contributed by atoms with Crippen molar-refractivity contribution in [2.75, 3.05) is 39.0 Å². The molecule has 0 saturated carbocycles. The average molecular weight is 418 g/mol. The molecule has 154 valence electrons. The Bertz CT molecular complexity index is 828. The molecular formula is C26H29NO2P+. The summed E-state index contributed by atoms with van der Waals surface area (Å²) in [5.41, 5.74) is 0. The van der Waals surface area contributed by atoms with E-state index in [0.717, 1.165) is 32.8 Å². The van der Waals surface area contributed by atoms with E-state index in [0.29, 0.717) is 18.4 Å². The summed E-state index contributed by atoms with van der Waals surface area (Å²) in [6.45, 7) is 4.19. The number of ether oxygens (including phenoxy) is 1. The van der Waals surface area contributed by atoms with Crippen molar-refractivity contribution >= 4 is 29.0 Å². The second-order valence-electron chi connectivity index (χ2n) is 7.72. The Labute approximate surface area is 180 Å². The number of hydrogen-bond acceptors (Lipinski definition) is 3. The van der Waals surface area contributed by atoms with E-state index in [9.17, 15) is 4.79 Å². The zero-order valence-corrected chi connectivity index (χ0v) is 18.2. The molecule has 0 aromatic heterocycles. The minimum atomic E-state index is -2.07. The number of carbonyl (C=O) groups excluding carboxylic acids is 1. The van der Waals surface area contributed by atoms with Crippen molar-refractivity contribution in [3.05, 3.63) is 91.0 Å². The number of benzene rings is 3.